The molecule has 2 unspecified atom stereocenters. The maximum atomic E-state index is 12.0. The quantitative estimate of drug-likeness (QED) is 0.749. The van der Waals surface area contributed by atoms with Crippen molar-refractivity contribution in [2.75, 3.05) is 13.1 Å². The molecule has 0 spiro atoms. The van der Waals surface area contributed by atoms with Crippen molar-refractivity contribution in [1.82, 2.24) is 20.2 Å². The number of nitrogens with zero attached hydrogens (tertiary/aromatic N) is 2. The summed E-state index contributed by atoms with van der Waals surface area (Å²) in [6, 6.07) is 7.79. The molecule has 1 aliphatic heterocycles. The molecule has 1 fully saturated rings. The molecule has 3 N–H and O–H groups in total. The zero-order valence-electron chi connectivity index (χ0n) is 12.7. The molecule has 2 heterocycles. The van der Waals surface area contributed by atoms with Crippen molar-refractivity contribution >= 4 is 16.9 Å². The van der Waals surface area contributed by atoms with E-state index in [2.05, 4.69) is 33.2 Å². The van der Waals surface area contributed by atoms with Gasteiger partial charge in [-0.3, -0.25) is 4.79 Å². The van der Waals surface area contributed by atoms with Crippen LogP contribution >= 0.6 is 0 Å². The molecule has 2 aromatic rings. The number of aliphatic hydroxyl groups excluding tert-OH is 1. The monoisotopic (exact) mass is 302 g/mol. The number of para-hydroxylation sites is 2. The summed E-state index contributed by atoms with van der Waals surface area (Å²) in [4.78, 5) is 16.6. The first-order chi connectivity index (χ1) is 10.7. The lowest BCUT2D eigenvalue weighted by Gasteiger charge is -2.11. The van der Waals surface area contributed by atoms with Crippen molar-refractivity contribution in [3.8, 4) is 0 Å². The molecule has 2 atom stereocenters. The minimum Gasteiger partial charge on any atom is -0.392 e. The maximum Gasteiger partial charge on any atom is 0.237 e. The standard InChI is InChI=1S/C16H22N4O2/c1-2-20-14-6-4-3-5-12(14)19-15(20)7-8-17-16(22)13-9-11(21)10-18-13/h3-6,11,13,18,21H,2,7-10H2,1H3,(H,17,22). The number of carbonyl (C=O) groups excluding carboxylic acids is 1. The molecule has 3 rings (SSSR count). The lowest BCUT2D eigenvalue weighted by Crippen LogP contribution is -2.41. The lowest BCUT2D eigenvalue weighted by molar-refractivity contribution is -0.122. The highest BCUT2D eigenvalue weighted by atomic mass is 16.3. The molecule has 0 bridgehead atoms. The van der Waals surface area contributed by atoms with Crippen LogP contribution in [0.4, 0.5) is 0 Å². The van der Waals surface area contributed by atoms with E-state index < -0.39 is 6.10 Å². The van der Waals surface area contributed by atoms with E-state index in [4.69, 9.17) is 0 Å². The van der Waals surface area contributed by atoms with Gasteiger partial charge in [0.15, 0.2) is 0 Å². The van der Waals surface area contributed by atoms with E-state index in [0.717, 1.165) is 23.4 Å². The van der Waals surface area contributed by atoms with Crippen LogP contribution in [0.15, 0.2) is 24.3 Å². The number of β-amino-alcohol motifs (C(OH)–C–C–N with tert-alkyl or cyclic N) is 1. The Morgan fingerprint density at radius 1 is 1.50 bits per heavy atom. The van der Waals surface area contributed by atoms with Crippen LogP contribution in [-0.2, 0) is 17.8 Å². The van der Waals surface area contributed by atoms with Gasteiger partial charge in [-0.2, -0.15) is 0 Å². The third-order valence-electron chi connectivity index (χ3n) is 4.12. The Labute approximate surface area is 129 Å². The molecule has 1 aromatic carbocycles. The number of amides is 1. The summed E-state index contributed by atoms with van der Waals surface area (Å²) in [5.74, 6) is 0.944. The van der Waals surface area contributed by atoms with E-state index in [0.29, 0.717) is 25.9 Å². The summed E-state index contributed by atoms with van der Waals surface area (Å²) >= 11 is 0. The molecular weight excluding hydrogens is 280 g/mol. The first kappa shape index (κ1) is 15.0. The summed E-state index contributed by atoms with van der Waals surface area (Å²) < 4.78 is 2.18. The number of benzene rings is 1. The van der Waals surface area contributed by atoms with Crippen LogP contribution < -0.4 is 10.6 Å². The van der Waals surface area contributed by atoms with E-state index in [9.17, 15) is 9.90 Å². The summed E-state index contributed by atoms with van der Waals surface area (Å²) in [6.07, 6.45) is 0.767. The van der Waals surface area contributed by atoms with Crippen molar-refractivity contribution in [3.05, 3.63) is 30.1 Å². The highest BCUT2D eigenvalue weighted by molar-refractivity contribution is 5.82. The molecule has 1 aliphatic rings. The second-order valence-corrected chi connectivity index (χ2v) is 5.65. The third kappa shape index (κ3) is 2.98. The van der Waals surface area contributed by atoms with Crippen molar-refractivity contribution in [3.63, 3.8) is 0 Å². The maximum absolute atomic E-state index is 12.0. The van der Waals surface area contributed by atoms with Gasteiger partial charge in [0.25, 0.3) is 0 Å². The molecule has 0 aliphatic carbocycles. The number of nitrogens with one attached hydrogen (secondary N) is 2. The Morgan fingerprint density at radius 2 is 2.32 bits per heavy atom. The number of carbonyl (C=O) groups is 1. The summed E-state index contributed by atoms with van der Waals surface area (Å²) in [6.45, 7) is 4.00. The normalized spacial score (nSPS) is 21.4. The van der Waals surface area contributed by atoms with Gasteiger partial charge in [0.05, 0.1) is 23.2 Å². The first-order valence-electron chi connectivity index (χ1n) is 7.82. The third-order valence-corrected chi connectivity index (χ3v) is 4.12. The van der Waals surface area contributed by atoms with Crippen LogP contribution in [0.25, 0.3) is 11.0 Å². The Hall–Kier alpha value is -1.92. The van der Waals surface area contributed by atoms with Gasteiger partial charge in [-0.1, -0.05) is 12.1 Å². The van der Waals surface area contributed by atoms with Crippen molar-refractivity contribution < 1.29 is 9.90 Å². The van der Waals surface area contributed by atoms with Gasteiger partial charge in [0, 0.05) is 26.1 Å². The van der Waals surface area contributed by atoms with Gasteiger partial charge < -0.3 is 20.3 Å². The van der Waals surface area contributed by atoms with Crippen molar-refractivity contribution in [2.24, 2.45) is 0 Å². The molecule has 1 amide bonds. The molecule has 1 saturated heterocycles. The average molecular weight is 302 g/mol. The molecule has 0 saturated carbocycles. The highest BCUT2D eigenvalue weighted by Gasteiger charge is 2.27. The van der Waals surface area contributed by atoms with E-state index in [1.54, 1.807) is 0 Å². The second-order valence-electron chi connectivity index (χ2n) is 5.65. The van der Waals surface area contributed by atoms with Gasteiger partial charge in [-0.15, -0.1) is 0 Å². The molecule has 22 heavy (non-hydrogen) atoms. The molecule has 6 nitrogen and oxygen atoms in total. The SMILES string of the molecule is CCn1c(CCNC(=O)C2CC(O)CN2)nc2ccccc21. The number of hydrogen-bond donors (Lipinski definition) is 3. The number of fused-ring (bicyclic) bond motifs is 1. The number of rotatable bonds is 5. The highest BCUT2D eigenvalue weighted by Crippen LogP contribution is 2.16. The number of aromatic nitrogens is 2. The molecule has 1 aromatic heterocycles. The average Bonchev–Trinajstić information content (AvgIpc) is 3.10. The fraction of sp³-hybridized carbons (Fsp3) is 0.500. The number of imidazole rings is 1. The Morgan fingerprint density at radius 3 is 3.05 bits per heavy atom. The van der Waals surface area contributed by atoms with Crippen LogP contribution in [0.2, 0.25) is 0 Å². The topological polar surface area (TPSA) is 79.2 Å². The zero-order valence-corrected chi connectivity index (χ0v) is 12.7. The van der Waals surface area contributed by atoms with Crippen LogP contribution in [0.1, 0.15) is 19.2 Å². The molecule has 6 heteroatoms. The smallest absolute Gasteiger partial charge is 0.237 e. The van der Waals surface area contributed by atoms with E-state index in [1.165, 1.54) is 0 Å². The van der Waals surface area contributed by atoms with Crippen LogP contribution in [-0.4, -0.2) is 45.8 Å². The Bertz CT molecular complexity index is 667. The largest absolute Gasteiger partial charge is 0.392 e. The first-order valence-corrected chi connectivity index (χ1v) is 7.82. The van der Waals surface area contributed by atoms with Gasteiger partial charge in [0.1, 0.15) is 5.82 Å². The molecular formula is C16H22N4O2. The van der Waals surface area contributed by atoms with E-state index >= 15 is 0 Å². The predicted octanol–water partition coefficient (Wildman–Crippen LogP) is 0.438. The summed E-state index contributed by atoms with van der Waals surface area (Å²) in [7, 11) is 0. The van der Waals surface area contributed by atoms with Gasteiger partial charge in [0.2, 0.25) is 5.91 Å². The van der Waals surface area contributed by atoms with E-state index in [-0.39, 0.29) is 11.9 Å². The minimum absolute atomic E-state index is 0.0456. The van der Waals surface area contributed by atoms with Gasteiger partial charge in [-0.25, -0.2) is 4.98 Å². The fourth-order valence-electron chi connectivity index (χ4n) is 3.01. The molecule has 0 radical (unpaired) electrons. The van der Waals surface area contributed by atoms with Gasteiger partial charge in [-0.05, 0) is 25.5 Å². The van der Waals surface area contributed by atoms with Crippen LogP contribution in [0.3, 0.4) is 0 Å². The summed E-state index contributed by atoms with van der Waals surface area (Å²) in [5, 5.41) is 15.4. The number of aryl methyl sites for hydroxylation is 1. The fourth-order valence-corrected chi connectivity index (χ4v) is 3.01. The zero-order chi connectivity index (χ0) is 15.5. The van der Waals surface area contributed by atoms with Crippen molar-refractivity contribution in [2.45, 2.75) is 38.5 Å². The van der Waals surface area contributed by atoms with Crippen LogP contribution in [0.5, 0.6) is 0 Å². The second kappa shape index (κ2) is 6.46. The summed E-state index contributed by atoms with van der Waals surface area (Å²) in [5.41, 5.74) is 2.12. The Kier molecular flexibility index (Phi) is 4.40. The molecule has 118 valence electrons. The van der Waals surface area contributed by atoms with Gasteiger partial charge >= 0.3 is 0 Å². The number of hydrogen-bond acceptors (Lipinski definition) is 4. The lowest BCUT2D eigenvalue weighted by atomic mass is 10.2. The Balaban J connectivity index is 1.61. The number of aliphatic hydroxyl groups is 1. The van der Waals surface area contributed by atoms with E-state index in [1.807, 2.05) is 18.2 Å². The van der Waals surface area contributed by atoms with Crippen LogP contribution in [0, 0.1) is 0 Å². The van der Waals surface area contributed by atoms with Crippen molar-refractivity contribution in [1.29, 1.82) is 0 Å². The minimum atomic E-state index is -0.417. The predicted molar refractivity (Wildman–Crippen MR) is 84.5 cm³/mol.